The molecule has 0 bridgehead atoms. The minimum atomic E-state index is -0.753. The molecular formula is C12H24N2O2. The van der Waals surface area contributed by atoms with Crippen LogP contribution in [0.2, 0.25) is 0 Å². The van der Waals surface area contributed by atoms with E-state index in [4.69, 9.17) is 5.11 Å². The maximum Gasteiger partial charge on any atom is 0.320 e. The van der Waals surface area contributed by atoms with Gasteiger partial charge >= 0.3 is 5.97 Å². The van der Waals surface area contributed by atoms with Crippen LogP contribution in [0.3, 0.4) is 0 Å². The highest BCUT2D eigenvalue weighted by Crippen LogP contribution is 2.26. The molecule has 0 aromatic rings. The fraction of sp³-hybridized carbons (Fsp3) is 0.917. The van der Waals surface area contributed by atoms with Gasteiger partial charge in [-0.05, 0) is 32.7 Å². The molecule has 0 aromatic heterocycles. The van der Waals surface area contributed by atoms with Crippen LogP contribution in [0, 0.1) is 5.92 Å². The first-order chi connectivity index (χ1) is 7.43. The lowest BCUT2D eigenvalue weighted by atomic mass is 10.0. The van der Waals surface area contributed by atoms with Gasteiger partial charge in [-0.1, -0.05) is 13.8 Å². The van der Waals surface area contributed by atoms with Crippen LogP contribution in [0.4, 0.5) is 0 Å². The third-order valence-corrected chi connectivity index (χ3v) is 3.38. The van der Waals surface area contributed by atoms with Gasteiger partial charge in [0.15, 0.2) is 0 Å². The zero-order chi connectivity index (χ0) is 12.3. The number of carboxylic acids is 1. The van der Waals surface area contributed by atoms with Gasteiger partial charge in [-0.2, -0.15) is 0 Å². The van der Waals surface area contributed by atoms with Gasteiger partial charge in [-0.15, -0.1) is 0 Å². The number of likely N-dealkylation sites (N-methyl/N-ethyl adjacent to an activating group) is 1. The van der Waals surface area contributed by atoms with Crippen molar-refractivity contribution in [2.75, 3.05) is 13.6 Å². The van der Waals surface area contributed by atoms with Crippen LogP contribution in [0.15, 0.2) is 0 Å². The molecule has 0 aromatic carbocycles. The largest absolute Gasteiger partial charge is 0.480 e. The lowest BCUT2D eigenvalue weighted by Crippen LogP contribution is -2.47. The van der Waals surface area contributed by atoms with Crippen molar-refractivity contribution in [2.45, 2.75) is 51.7 Å². The lowest BCUT2D eigenvalue weighted by Gasteiger charge is -2.27. The van der Waals surface area contributed by atoms with Crippen LogP contribution in [0.5, 0.6) is 0 Å². The van der Waals surface area contributed by atoms with Gasteiger partial charge in [-0.3, -0.25) is 9.69 Å². The van der Waals surface area contributed by atoms with Crippen molar-refractivity contribution >= 4 is 5.97 Å². The molecule has 0 saturated heterocycles. The number of rotatable bonds is 7. The third kappa shape index (κ3) is 3.76. The summed E-state index contributed by atoms with van der Waals surface area (Å²) < 4.78 is 0. The van der Waals surface area contributed by atoms with Gasteiger partial charge in [0.2, 0.25) is 0 Å². The average Bonchev–Trinajstić information content (AvgIpc) is 2.98. The van der Waals surface area contributed by atoms with E-state index in [-0.39, 0.29) is 5.92 Å². The summed E-state index contributed by atoms with van der Waals surface area (Å²) in [6, 6.07) is 0.683. The van der Waals surface area contributed by atoms with E-state index in [1.165, 1.54) is 12.8 Å². The molecule has 2 unspecified atom stereocenters. The van der Waals surface area contributed by atoms with Gasteiger partial charge in [-0.25, -0.2) is 0 Å². The summed E-state index contributed by atoms with van der Waals surface area (Å²) in [5, 5.41) is 12.2. The van der Waals surface area contributed by atoms with Crippen LogP contribution in [0.1, 0.15) is 33.6 Å². The standard InChI is InChI=1S/C12H24N2O2/c1-8(2)11(12(15)16)13-7-9(3)14(4)10-5-6-10/h8-11,13H,5-7H2,1-4H3,(H,15,16). The minimum absolute atomic E-state index is 0.121. The average molecular weight is 228 g/mol. The molecule has 1 fully saturated rings. The van der Waals surface area contributed by atoms with Gasteiger partial charge in [0, 0.05) is 18.6 Å². The zero-order valence-electron chi connectivity index (χ0n) is 10.7. The van der Waals surface area contributed by atoms with Crippen molar-refractivity contribution in [1.29, 1.82) is 0 Å². The normalized spacial score (nSPS) is 20.1. The van der Waals surface area contributed by atoms with Crippen LogP contribution in [-0.2, 0) is 4.79 Å². The Bertz CT molecular complexity index is 239. The monoisotopic (exact) mass is 228 g/mol. The first kappa shape index (κ1) is 13.5. The summed E-state index contributed by atoms with van der Waals surface area (Å²) in [6.45, 7) is 6.74. The quantitative estimate of drug-likeness (QED) is 0.687. The highest BCUT2D eigenvalue weighted by Gasteiger charge is 2.30. The van der Waals surface area contributed by atoms with E-state index in [9.17, 15) is 4.79 Å². The summed E-state index contributed by atoms with van der Waals surface area (Å²) in [7, 11) is 2.12. The van der Waals surface area contributed by atoms with Gasteiger partial charge in [0.05, 0.1) is 0 Å². The summed E-state index contributed by atoms with van der Waals surface area (Å²) >= 11 is 0. The van der Waals surface area contributed by atoms with Gasteiger partial charge in [0.25, 0.3) is 0 Å². The smallest absolute Gasteiger partial charge is 0.320 e. The Balaban J connectivity index is 2.33. The van der Waals surface area contributed by atoms with Gasteiger partial charge < -0.3 is 10.4 Å². The second-order valence-corrected chi connectivity index (χ2v) is 5.21. The summed E-state index contributed by atoms with van der Waals surface area (Å²) in [6.07, 6.45) is 2.57. The Hall–Kier alpha value is -0.610. The van der Waals surface area contributed by atoms with E-state index in [0.717, 1.165) is 12.6 Å². The van der Waals surface area contributed by atoms with E-state index in [0.29, 0.717) is 6.04 Å². The molecule has 1 rings (SSSR count). The SMILES string of the molecule is CC(C)C(NCC(C)N(C)C1CC1)C(=O)O. The summed E-state index contributed by atoms with van der Waals surface area (Å²) in [4.78, 5) is 13.3. The molecule has 4 heteroatoms. The maximum atomic E-state index is 11.0. The fourth-order valence-corrected chi connectivity index (χ4v) is 1.89. The van der Waals surface area contributed by atoms with E-state index in [1.54, 1.807) is 0 Å². The number of aliphatic carboxylic acids is 1. The highest BCUT2D eigenvalue weighted by atomic mass is 16.4. The van der Waals surface area contributed by atoms with Gasteiger partial charge in [0.1, 0.15) is 6.04 Å². The molecular weight excluding hydrogens is 204 g/mol. The van der Waals surface area contributed by atoms with Crippen molar-refractivity contribution in [3.63, 3.8) is 0 Å². The Morgan fingerprint density at radius 3 is 2.38 bits per heavy atom. The first-order valence-electron chi connectivity index (χ1n) is 6.11. The predicted octanol–water partition coefficient (Wildman–Crippen LogP) is 1.17. The molecule has 1 aliphatic carbocycles. The molecule has 4 nitrogen and oxygen atoms in total. The second kappa shape index (κ2) is 5.64. The molecule has 1 saturated carbocycles. The first-order valence-corrected chi connectivity index (χ1v) is 6.11. The Kier molecular flexibility index (Phi) is 4.74. The predicted molar refractivity (Wildman–Crippen MR) is 64.5 cm³/mol. The molecule has 16 heavy (non-hydrogen) atoms. The number of hydrogen-bond acceptors (Lipinski definition) is 3. The summed E-state index contributed by atoms with van der Waals surface area (Å²) in [5.74, 6) is -0.632. The lowest BCUT2D eigenvalue weighted by molar-refractivity contribution is -0.140. The number of nitrogens with zero attached hydrogens (tertiary/aromatic N) is 1. The molecule has 1 aliphatic rings. The van der Waals surface area contributed by atoms with Crippen molar-refractivity contribution in [3.8, 4) is 0 Å². The third-order valence-electron chi connectivity index (χ3n) is 3.38. The molecule has 2 atom stereocenters. The van der Waals surface area contributed by atoms with E-state index >= 15 is 0 Å². The van der Waals surface area contributed by atoms with Crippen molar-refractivity contribution < 1.29 is 9.90 Å². The van der Waals surface area contributed by atoms with Crippen molar-refractivity contribution in [2.24, 2.45) is 5.92 Å². The minimum Gasteiger partial charge on any atom is -0.480 e. The number of hydrogen-bond donors (Lipinski definition) is 2. The Labute approximate surface area is 98.0 Å². The molecule has 2 N–H and O–H groups in total. The van der Waals surface area contributed by atoms with Crippen LogP contribution < -0.4 is 5.32 Å². The number of nitrogens with one attached hydrogen (secondary N) is 1. The van der Waals surface area contributed by atoms with Crippen molar-refractivity contribution in [1.82, 2.24) is 10.2 Å². The number of carboxylic acid groups (broad SMARTS) is 1. The van der Waals surface area contributed by atoms with Crippen LogP contribution >= 0.6 is 0 Å². The van der Waals surface area contributed by atoms with Crippen LogP contribution in [-0.4, -0.2) is 47.7 Å². The number of carbonyl (C=O) groups is 1. The zero-order valence-corrected chi connectivity index (χ0v) is 10.7. The summed E-state index contributed by atoms with van der Waals surface area (Å²) in [5.41, 5.74) is 0. The fourth-order valence-electron chi connectivity index (χ4n) is 1.89. The molecule has 0 heterocycles. The molecule has 0 amide bonds. The van der Waals surface area contributed by atoms with Crippen molar-refractivity contribution in [3.05, 3.63) is 0 Å². The second-order valence-electron chi connectivity index (χ2n) is 5.21. The van der Waals surface area contributed by atoms with E-state index in [2.05, 4.69) is 24.2 Å². The Morgan fingerprint density at radius 2 is 2.00 bits per heavy atom. The van der Waals surface area contributed by atoms with Crippen LogP contribution in [0.25, 0.3) is 0 Å². The topological polar surface area (TPSA) is 52.6 Å². The molecule has 0 spiro atoms. The Morgan fingerprint density at radius 1 is 1.44 bits per heavy atom. The molecule has 0 aliphatic heterocycles. The van der Waals surface area contributed by atoms with E-state index in [1.807, 2.05) is 13.8 Å². The molecule has 94 valence electrons. The highest BCUT2D eigenvalue weighted by molar-refractivity contribution is 5.73. The molecule has 0 radical (unpaired) electrons. The van der Waals surface area contributed by atoms with E-state index < -0.39 is 12.0 Å². The maximum absolute atomic E-state index is 11.0.